The number of nitrogens with one attached hydrogen (secondary N) is 1. The van der Waals surface area contributed by atoms with E-state index in [-0.39, 0.29) is 0 Å². The van der Waals surface area contributed by atoms with Crippen molar-refractivity contribution in [1.82, 2.24) is 10.2 Å². The molecule has 2 aliphatic heterocycles. The van der Waals surface area contributed by atoms with E-state index in [1.54, 1.807) is 0 Å². The summed E-state index contributed by atoms with van der Waals surface area (Å²) in [6, 6.07) is 0.621. The average molecular weight is 240 g/mol. The van der Waals surface area contributed by atoms with E-state index in [1.165, 1.54) is 45.4 Å². The molecule has 2 heterocycles. The van der Waals surface area contributed by atoms with Crippen molar-refractivity contribution in [3.63, 3.8) is 0 Å². The lowest BCUT2D eigenvalue weighted by atomic mass is 10.0. The molecule has 2 saturated heterocycles. The summed E-state index contributed by atoms with van der Waals surface area (Å²) in [4.78, 5) is 2.64. The van der Waals surface area contributed by atoms with Crippen LogP contribution in [0.15, 0.2) is 0 Å². The molecule has 17 heavy (non-hydrogen) atoms. The molecule has 0 aromatic heterocycles. The van der Waals surface area contributed by atoms with E-state index in [2.05, 4.69) is 24.1 Å². The van der Waals surface area contributed by atoms with Crippen molar-refractivity contribution in [2.45, 2.75) is 39.2 Å². The second kappa shape index (κ2) is 6.72. The van der Waals surface area contributed by atoms with Crippen LogP contribution in [0.3, 0.4) is 0 Å². The number of likely N-dealkylation sites (tertiary alicyclic amines) is 1. The SMILES string of the molecule is CC(C)NCC1CCN(CC2CCCOC2)C1. The Labute approximate surface area is 106 Å². The Morgan fingerprint density at radius 2 is 2.18 bits per heavy atom. The Morgan fingerprint density at radius 3 is 2.88 bits per heavy atom. The van der Waals surface area contributed by atoms with Crippen molar-refractivity contribution in [3.05, 3.63) is 0 Å². The normalized spacial score (nSPS) is 31.2. The highest BCUT2D eigenvalue weighted by molar-refractivity contribution is 4.80. The lowest BCUT2D eigenvalue weighted by Gasteiger charge is -2.27. The van der Waals surface area contributed by atoms with Crippen LogP contribution in [0, 0.1) is 11.8 Å². The summed E-state index contributed by atoms with van der Waals surface area (Å²) >= 11 is 0. The Hall–Kier alpha value is -0.120. The first-order valence-corrected chi connectivity index (χ1v) is 7.27. The molecule has 2 unspecified atom stereocenters. The molecule has 2 atom stereocenters. The topological polar surface area (TPSA) is 24.5 Å². The van der Waals surface area contributed by atoms with E-state index in [4.69, 9.17) is 4.74 Å². The van der Waals surface area contributed by atoms with Crippen molar-refractivity contribution >= 4 is 0 Å². The smallest absolute Gasteiger partial charge is 0.0506 e. The van der Waals surface area contributed by atoms with E-state index in [1.807, 2.05) is 0 Å². The van der Waals surface area contributed by atoms with Gasteiger partial charge in [-0.2, -0.15) is 0 Å². The lowest BCUT2D eigenvalue weighted by Crippen LogP contribution is -2.34. The van der Waals surface area contributed by atoms with Gasteiger partial charge in [-0.25, -0.2) is 0 Å². The third-order valence-corrected chi connectivity index (χ3v) is 3.96. The summed E-state index contributed by atoms with van der Waals surface area (Å²) in [6.07, 6.45) is 4.00. The van der Waals surface area contributed by atoms with Crippen LogP contribution in [0.5, 0.6) is 0 Å². The van der Waals surface area contributed by atoms with Crippen LogP contribution in [0.1, 0.15) is 33.1 Å². The maximum absolute atomic E-state index is 5.56. The lowest BCUT2D eigenvalue weighted by molar-refractivity contribution is 0.0413. The van der Waals surface area contributed by atoms with Gasteiger partial charge in [0.15, 0.2) is 0 Å². The molecule has 0 aromatic rings. The first-order valence-electron chi connectivity index (χ1n) is 7.27. The minimum atomic E-state index is 0.621. The summed E-state index contributed by atoms with van der Waals surface area (Å²) in [6.45, 7) is 11.5. The monoisotopic (exact) mass is 240 g/mol. The van der Waals surface area contributed by atoms with Crippen molar-refractivity contribution in [3.8, 4) is 0 Å². The summed E-state index contributed by atoms with van der Waals surface area (Å²) in [5.41, 5.74) is 0. The van der Waals surface area contributed by atoms with Crippen LogP contribution in [0.4, 0.5) is 0 Å². The zero-order valence-corrected chi connectivity index (χ0v) is 11.5. The van der Waals surface area contributed by atoms with Gasteiger partial charge in [0.2, 0.25) is 0 Å². The third-order valence-electron chi connectivity index (χ3n) is 3.96. The van der Waals surface area contributed by atoms with E-state index >= 15 is 0 Å². The predicted octanol–water partition coefficient (Wildman–Crippen LogP) is 1.73. The van der Waals surface area contributed by atoms with Crippen LogP contribution in [-0.2, 0) is 4.74 Å². The van der Waals surface area contributed by atoms with Gasteiger partial charge < -0.3 is 15.0 Å². The molecule has 3 heteroatoms. The molecule has 0 aromatic carbocycles. The van der Waals surface area contributed by atoms with Crippen LogP contribution in [-0.4, -0.2) is 50.3 Å². The second-order valence-corrected chi connectivity index (χ2v) is 6.06. The van der Waals surface area contributed by atoms with Gasteiger partial charge in [0.05, 0.1) is 6.61 Å². The van der Waals surface area contributed by atoms with Crippen molar-refractivity contribution < 1.29 is 4.74 Å². The van der Waals surface area contributed by atoms with Gasteiger partial charge in [-0.1, -0.05) is 13.8 Å². The zero-order valence-electron chi connectivity index (χ0n) is 11.5. The minimum absolute atomic E-state index is 0.621. The van der Waals surface area contributed by atoms with Gasteiger partial charge in [-0.3, -0.25) is 0 Å². The van der Waals surface area contributed by atoms with Crippen molar-refractivity contribution in [2.75, 3.05) is 39.4 Å². The van der Waals surface area contributed by atoms with Gasteiger partial charge in [-0.15, -0.1) is 0 Å². The van der Waals surface area contributed by atoms with Crippen LogP contribution in [0.25, 0.3) is 0 Å². The van der Waals surface area contributed by atoms with Gasteiger partial charge >= 0.3 is 0 Å². The fraction of sp³-hybridized carbons (Fsp3) is 1.00. The highest BCUT2D eigenvalue weighted by atomic mass is 16.5. The minimum Gasteiger partial charge on any atom is -0.381 e. The molecule has 0 saturated carbocycles. The van der Waals surface area contributed by atoms with Crippen molar-refractivity contribution in [1.29, 1.82) is 0 Å². The van der Waals surface area contributed by atoms with Crippen LogP contribution in [0.2, 0.25) is 0 Å². The highest BCUT2D eigenvalue weighted by Crippen LogP contribution is 2.20. The Balaban J connectivity index is 1.63. The molecular weight excluding hydrogens is 212 g/mol. The maximum Gasteiger partial charge on any atom is 0.0506 e. The number of rotatable bonds is 5. The zero-order chi connectivity index (χ0) is 12.1. The number of nitrogens with zero attached hydrogens (tertiary/aromatic N) is 1. The van der Waals surface area contributed by atoms with Gasteiger partial charge in [-0.05, 0) is 44.2 Å². The summed E-state index contributed by atoms with van der Waals surface area (Å²) in [5, 5.41) is 3.56. The summed E-state index contributed by atoms with van der Waals surface area (Å²) in [7, 11) is 0. The molecule has 0 bridgehead atoms. The second-order valence-electron chi connectivity index (χ2n) is 6.06. The largest absolute Gasteiger partial charge is 0.381 e. The van der Waals surface area contributed by atoms with Crippen molar-refractivity contribution in [2.24, 2.45) is 11.8 Å². The molecule has 1 N–H and O–H groups in total. The van der Waals surface area contributed by atoms with Crippen LogP contribution >= 0.6 is 0 Å². The van der Waals surface area contributed by atoms with E-state index in [9.17, 15) is 0 Å². The molecule has 0 radical (unpaired) electrons. The average Bonchev–Trinajstić information content (AvgIpc) is 2.75. The third kappa shape index (κ3) is 4.57. The van der Waals surface area contributed by atoms with E-state index < -0.39 is 0 Å². The van der Waals surface area contributed by atoms with Gasteiger partial charge in [0, 0.05) is 25.7 Å². The van der Waals surface area contributed by atoms with Crippen LogP contribution < -0.4 is 5.32 Å². The molecule has 2 aliphatic rings. The Bertz CT molecular complexity index is 214. The highest BCUT2D eigenvalue weighted by Gasteiger charge is 2.25. The maximum atomic E-state index is 5.56. The molecule has 100 valence electrons. The van der Waals surface area contributed by atoms with E-state index in [0.717, 1.165) is 25.0 Å². The fourth-order valence-corrected chi connectivity index (χ4v) is 2.96. The van der Waals surface area contributed by atoms with E-state index in [0.29, 0.717) is 6.04 Å². The Morgan fingerprint density at radius 1 is 1.29 bits per heavy atom. The molecular formula is C14H28N2O. The summed E-state index contributed by atoms with van der Waals surface area (Å²) in [5.74, 6) is 1.66. The standard InChI is InChI=1S/C14H28N2O/c1-12(2)15-8-13-5-6-16(9-13)10-14-4-3-7-17-11-14/h12-15H,3-11H2,1-2H3. The number of hydrogen-bond acceptors (Lipinski definition) is 3. The van der Waals surface area contributed by atoms with Gasteiger partial charge in [0.25, 0.3) is 0 Å². The fourth-order valence-electron chi connectivity index (χ4n) is 2.96. The molecule has 0 spiro atoms. The quantitative estimate of drug-likeness (QED) is 0.792. The molecule has 0 aliphatic carbocycles. The Kier molecular flexibility index (Phi) is 5.26. The molecule has 0 amide bonds. The molecule has 2 rings (SSSR count). The number of ether oxygens (including phenoxy) is 1. The van der Waals surface area contributed by atoms with Gasteiger partial charge in [0.1, 0.15) is 0 Å². The first kappa shape index (κ1) is 13.3. The summed E-state index contributed by atoms with van der Waals surface area (Å²) < 4.78 is 5.56. The first-order chi connectivity index (χ1) is 8.24. The molecule has 3 nitrogen and oxygen atoms in total. The molecule has 2 fully saturated rings. The number of hydrogen-bond donors (Lipinski definition) is 1. The predicted molar refractivity (Wildman–Crippen MR) is 71.2 cm³/mol.